The largest absolute Gasteiger partial charge is 0.507 e. The topological polar surface area (TPSA) is 57.5 Å². The molecule has 0 atom stereocenters. The number of benzene rings is 1. The Bertz CT molecular complexity index is 414. The van der Waals surface area contributed by atoms with Crippen molar-refractivity contribution in [2.75, 3.05) is 0 Å². The van der Waals surface area contributed by atoms with E-state index in [9.17, 15) is 9.90 Å². The quantitative estimate of drug-likeness (QED) is 0.755. The van der Waals surface area contributed by atoms with Gasteiger partial charge in [0.15, 0.2) is 5.78 Å². The maximum Gasteiger partial charge on any atom is 0.159 e. The summed E-state index contributed by atoms with van der Waals surface area (Å²) < 4.78 is 0. The molecule has 0 heterocycles. The normalized spacial score (nSPS) is 11.6. The second-order valence-corrected chi connectivity index (χ2v) is 5.00. The van der Waals surface area contributed by atoms with Crippen molar-refractivity contribution in [3.8, 4) is 5.75 Å². The third-order valence-electron chi connectivity index (χ3n) is 2.57. The number of aliphatic hydroxyl groups is 1. The molecule has 0 bridgehead atoms. The van der Waals surface area contributed by atoms with Gasteiger partial charge in [-0.25, -0.2) is 0 Å². The Morgan fingerprint density at radius 3 is 2.25 bits per heavy atom. The zero-order chi connectivity index (χ0) is 12.5. The van der Waals surface area contributed by atoms with Gasteiger partial charge in [0.25, 0.3) is 0 Å². The summed E-state index contributed by atoms with van der Waals surface area (Å²) in [7, 11) is 0. The molecule has 0 saturated carbocycles. The summed E-state index contributed by atoms with van der Waals surface area (Å²) in [5.41, 5.74) is 1.34. The highest BCUT2D eigenvalue weighted by atomic mass is 16.3. The Labute approximate surface area is 95.7 Å². The molecule has 0 aliphatic heterocycles. The van der Waals surface area contributed by atoms with Gasteiger partial charge in [0.05, 0.1) is 6.61 Å². The molecule has 0 aliphatic rings. The summed E-state index contributed by atoms with van der Waals surface area (Å²) >= 11 is 0. The maximum absolute atomic E-state index is 11.3. The van der Waals surface area contributed by atoms with Crippen LogP contribution in [-0.2, 0) is 12.0 Å². The number of hydrogen-bond acceptors (Lipinski definition) is 3. The summed E-state index contributed by atoms with van der Waals surface area (Å²) in [6.07, 6.45) is 0. The number of carbonyl (C=O) groups excluding carboxylic acids is 1. The number of aliphatic hydroxyl groups excluding tert-OH is 1. The van der Waals surface area contributed by atoms with Crippen molar-refractivity contribution < 1.29 is 15.0 Å². The molecule has 88 valence electrons. The number of Topliss-reactive ketones (excluding diaryl/α,β-unsaturated/α-hetero) is 1. The Morgan fingerprint density at radius 2 is 1.88 bits per heavy atom. The first-order valence-corrected chi connectivity index (χ1v) is 5.25. The molecule has 0 aliphatic carbocycles. The lowest BCUT2D eigenvalue weighted by Gasteiger charge is -2.22. The minimum absolute atomic E-state index is 0.0693. The highest BCUT2D eigenvalue weighted by Crippen LogP contribution is 2.34. The zero-order valence-electron chi connectivity index (χ0n) is 10.2. The number of aromatic hydroxyl groups is 1. The SMILES string of the molecule is CC(=O)c1cc(CO)c(O)c(C(C)(C)C)c1. The second-order valence-electron chi connectivity index (χ2n) is 5.00. The van der Waals surface area contributed by atoms with Gasteiger partial charge in [-0.3, -0.25) is 4.79 Å². The van der Waals surface area contributed by atoms with E-state index in [0.717, 1.165) is 0 Å². The fraction of sp³-hybridized carbons (Fsp3) is 0.462. The first kappa shape index (κ1) is 12.7. The van der Waals surface area contributed by atoms with E-state index in [2.05, 4.69) is 0 Å². The molecule has 0 aromatic heterocycles. The van der Waals surface area contributed by atoms with E-state index in [1.165, 1.54) is 13.0 Å². The van der Waals surface area contributed by atoms with Gasteiger partial charge in [0, 0.05) is 16.7 Å². The van der Waals surface area contributed by atoms with Crippen molar-refractivity contribution in [2.45, 2.75) is 39.7 Å². The van der Waals surface area contributed by atoms with Gasteiger partial charge in [-0.05, 0) is 24.5 Å². The van der Waals surface area contributed by atoms with E-state index < -0.39 is 0 Å². The summed E-state index contributed by atoms with van der Waals surface area (Å²) in [6.45, 7) is 7.06. The summed E-state index contributed by atoms with van der Waals surface area (Å²) in [5, 5.41) is 19.1. The number of ketones is 1. The van der Waals surface area contributed by atoms with E-state index in [4.69, 9.17) is 5.11 Å². The predicted octanol–water partition coefficient (Wildman–Crippen LogP) is 2.38. The van der Waals surface area contributed by atoms with Gasteiger partial charge in [-0.15, -0.1) is 0 Å². The summed E-state index contributed by atoms with van der Waals surface area (Å²) in [5.74, 6) is 0.0141. The third kappa shape index (κ3) is 2.42. The van der Waals surface area contributed by atoms with E-state index in [-0.39, 0.29) is 23.6 Å². The minimum Gasteiger partial charge on any atom is -0.507 e. The lowest BCUT2D eigenvalue weighted by molar-refractivity contribution is 0.101. The van der Waals surface area contributed by atoms with Crippen molar-refractivity contribution in [3.63, 3.8) is 0 Å². The van der Waals surface area contributed by atoms with Crippen LogP contribution in [-0.4, -0.2) is 16.0 Å². The Morgan fingerprint density at radius 1 is 1.31 bits per heavy atom. The molecular weight excluding hydrogens is 204 g/mol. The third-order valence-corrected chi connectivity index (χ3v) is 2.57. The van der Waals surface area contributed by atoms with E-state index in [1.54, 1.807) is 6.07 Å². The Balaban J connectivity index is 3.48. The van der Waals surface area contributed by atoms with Crippen LogP contribution in [0.25, 0.3) is 0 Å². The monoisotopic (exact) mass is 222 g/mol. The maximum atomic E-state index is 11.3. The molecule has 1 aromatic carbocycles. The minimum atomic E-state index is -0.268. The average molecular weight is 222 g/mol. The molecule has 1 aromatic rings. The Kier molecular flexibility index (Phi) is 3.38. The fourth-order valence-corrected chi connectivity index (χ4v) is 1.59. The molecule has 0 saturated heterocycles. The summed E-state index contributed by atoms with van der Waals surface area (Å²) in [4.78, 5) is 11.3. The number of carbonyl (C=O) groups is 1. The Hall–Kier alpha value is -1.35. The molecule has 0 amide bonds. The molecule has 2 N–H and O–H groups in total. The molecular formula is C13H18O3. The van der Waals surface area contributed by atoms with E-state index in [0.29, 0.717) is 16.7 Å². The predicted molar refractivity (Wildman–Crippen MR) is 62.7 cm³/mol. The highest BCUT2D eigenvalue weighted by molar-refractivity contribution is 5.94. The van der Waals surface area contributed by atoms with Crippen LogP contribution in [0, 0.1) is 0 Å². The molecule has 16 heavy (non-hydrogen) atoms. The average Bonchev–Trinajstić information content (AvgIpc) is 2.15. The smallest absolute Gasteiger partial charge is 0.159 e. The van der Waals surface area contributed by atoms with E-state index in [1.807, 2.05) is 20.8 Å². The van der Waals surface area contributed by atoms with Gasteiger partial charge in [0.2, 0.25) is 0 Å². The lowest BCUT2D eigenvalue weighted by Crippen LogP contribution is -2.13. The molecule has 0 fully saturated rings. The van der Waals surface area contributed by atoms with Crippen molar-refractivity contribution in [1.82, 2.24) is 0 Å². The van der Waals surface area contributed by atoms with Crippen LogP contribution in [0.3, 0.4) is 0 Å². The van der Waals surface area contributed by atoms with Crippen molar-refractivity contribution in [3.05, 3.63) is 28.8 Å². The van der Waals surface area contributed by atoms with Crippen LogP contribution in [0.4, 0.5) is 0 Å². The van der Waals surface area contributed by atoms with Crippen LogP contribution in [0.1, 0.15) is 49.2 Å². The number of hydrogen-bond donors (Lipinski definition) is 2. The number of rotatable bonds is 2. The van der Waals surface area contributed by atoms with Crippen molar-refractivity contribution >= 4 is 5.78 Å². The zero-order valence-corrected chi connectivity index (χ0v) is 10.2. The molecule has 0 unspecified atom stereocenters. The molecule has 1 rings (SSSR count). The van der Waals surface area contributed by atoms with Crippen molar-refractivity contribution in [2.24, 2.45) is 0 Å². The van der Waals surface area contributed by atoms with Crippen LogP contribution in [0.2, 0.25) is 0 Å². The second kappa shape index (κ2) is 4.26. The molecule has 0 radical (unpaired) electrons. The molecule has 3 heteroatoms. The van der Waals surface area contributed by atoms with Crippen LogP contribution < -0.4 is 0 Å². The fourth-order valence-electron chi connectivity index (χ4n) is 1.59. The molecule has 0 spiro atoms. The standard InChI is InChI=1S/C13H18O3/c1-8(15)9-5-10(7-14)12(16)11(6-9)13(2,3)4/h5-6,14,16H,7H2,1-4H3. The van der Waals surface area contributed by atoms with E-state index >= 15 is 0 Å². The lowest BCUT2D eigenvalue weighted by atomic mass is 9.83. The van der Waals surface area contributed by atoms with Crippen molar-refractivity contribution in [1.29, 1.82) is 0 Å². The van der Waals surface area contributed by atoms with Gasteiger partial charge in [-0.1, -0.05) is 20.8 Å². The molecule has 3 nitrogen and oxygen atoms in total. The van der Waals surface area contributed by atoms with Gasteiger partial charge in [-0.2, -0.15) is 0 Å². The summed E-state index contributed by atoms with van der Waals surface area (Å²) in [6, 6.07) is 3.23. The van der Waals surface area contributed by atoms with Crippen LogP contribution in [0.5, 0.6) is 5.75 Å². The van der Waals surface area contributed by atoms with Gasteiger partial charge < -0.3 is 10.2 Å². The van der Waals surface area contributed by atoms with Crippen LogP contribution >= 0.6 is 0 Å². The number of phenols is 1. The highest BCUT2D eigenvalue weighted by Gasteiger charge is 2.21. The van der Waals surface area contributed by atoms with Gasteiger partial charge in [0.1, 0.15) is 5.75 Å². The van der Waals surface area contributed by atoms with Crippen LogP contribution in [0.15, 0.2) is 12.1 Å². The first-order valence-electron chi connectivity index (χ1n) is 5.25. The first-order chi connectivity index (χ1) is 7.27. The van der Waals surface area contributed by atoms with Gasteiger partial charge >= 0.3 is 0 Å².